The molecule has 3 aliphatic rings. The Morgan fingerprint density at radius 3 is 2.34 bits per heavy atom. The molecule has 35 heavy (non-hydrogen) atoms. The minimum Gasteiger partial charge on any atom is -0.481 e. The van der Waals surface area contributed by atoms with Gasteiger partial charge in [0.1, 0.15) is 6.61 Å². The molecule has 7 heteroatoms. The van der Waals surface area contributed by atoms with Crippen LogP contribution in [-0.4, -0.2) is 53.7 Å². The number of piperidine rings is 1. The number of carboxylic acids is 1. The molecule has 2 fully saturated rings. The van der Waals surface area contributed by atoms with E-state index in [1.165, 1.54) is 11.1 Å². The second-order valence-corrected chi connectivity index (χ2v) is 10.3. The van der Waals surface area contributed by atoms with Crippen LogP contribution in [0.3, 0.4) is 0 Å². The molecule has 2 amide bonds. The summed E-state index contributed by atoms with van der Waals surface area (Å²) in [7, 11) is 0. The van der Waals surface area contributed by atoms with Crippen LogP contribution in [0.2, 0.25) is 0 Å². The first-order valence-corrected chi connectivity index (χ1v) is 12.5. The summed E-state index contributed by atoms with van der Waals surface area (Å²) >= 11 is 0. The molecule has 0 spiro atoms. The Morgan fingerprint density at radius 1 is 1.03 bits per heavy atom. The molecule has 1 heterocycles. The summed E-state index contributed by atoms with van der Waals surface area (Å²) in [6.45, 7) is 2.72. The zero-order valence-electron chi connectivity index (χ0n) is 20.0. The standard InChI is InChI=1S/C28H32N2O5/c1-28(26(32)33)14-7-15-30(17-28)25(31)22-12-6-13-24(22)29-27(34)35-16-23-20-10-4-2-8-18(20)19-9-3-5-11-21(19)23/h2-5,8-11,22-24H,6-7,12-17H2,1H3,(H,29,34)(H,32,33)/t22-,24+,28?/m1/s1. The van der Waals surface area contributed by atoms with E-state index < -0.39 is 17.5 Å². The number of rotatable bonds is 5. The summed E-state index contributed by atoms with van der Waals surface area (Å²) in [5, 5.41) is 12.5. The van der Waals surface area contributed by atoms with Crippen molar-refractivity contribution in [3.05, 3.63) is 59.7 Å². The Hall–Kier alpha value is -3.35. The Bertz CT molecular complexity index is 1100. The van der Waals surface area contributed by atoms with Gasteiger partial charge in [-0.2, -0.15) is 0 Å². The second kappa shape index (κ2) is 9.36. The van der Waals surface area contributed by atoms with Gasteiger partial charge < -0.3 is 20.1 Å². The van der Waals surface area contributed by atoms with E-state index in [-0.39, 0.29) is 36.9 Å². The van der Waals surface area contributed by atoms with Crippen molar-refractivity contribution in [3.8, 4) is 11.1 Å². The molecule has 1 saturated heterocycles. The monoisotopic (exact) mass is 476 g/mol. The highest BCUT2D eigenvalue weighted by atomic mass is 16.5. The summed E-state index contributed by atoms with van der Waals surface area (Å²) in [5.41, 5.74) is 3.74. The van der Waals surface area contributed by atoms with Crippen LogP contribution in [0.5, 0.6) is 0 Å². The molecule has 5 rings (SSSR count). The number of amides is 2. The van der Waals surface area contributed by atoms with E-state index in [0.29, 0.717) is 32.2 Å². The first-order valence-electron chi connectivity index (χ1n) is 12.5. The fraction of sp³-hybridized carbons (Fsp3) is 0.464. The highest BCUT2D eigenvalue weighted by Gasteiger charge is 2.43. The van der Waals surface area contributed by atoms with Crippen LogP contribution < -0.4 is 5.32 Å². The van der Waals surface area contributed by atoms with Crippen LogP contribution in [-0.2, 0) is 14.3 Å². The zero-order valence-corrected chi connectivity index (χ0v) is 20.0. The first-order chi connectivity index (χ1) is 16.9. The molecule has 184 valence electrons. The molecule has 2 aliphatic carbocycles. The predicted molar refractivity (Wildman–Crippen MR) is 131 cm³/mol. The number of nitrogens with one attached hydrogen (secondary N) is 1. The van der Waals surface area contributed by atoms with Gasteiger partial charge in [-0.05, 0) is 54.9 Å². The number of hydrogen-bond donors (Lipinski definition) is 2. The van der Waals surface area contributed by atoms with Crippen LogP contribution in [0, 0.1) is 11.3 Å². The number of hydrogen-bond acceptors (Lipinski definition) is 4. The second-order valence-electron chi connectivity index (χ2n) is 10.3. The number of alkyl carbamates (subject to hydrolysis) is 1. The van der Waals surface area contributed by atoms with Crippen LogP contribution in [0.15, 0.2) is 48.5 Å². The number of likely N-dealkylation sites (tertiary alicyclic amines) is 1. The average Bonchev–Trinajstić information content (AvgIpc) is 3.44. The number of carbonyl (C=O) groups excluding carboxylic acids is 2. The molecule has 1 aliphatic heterocycles. The average molecular weight is 477 g/mol. The molecule has 3 atom stereocenters. The summed E-state index contributed by atoms with van der Waals surface area (Å²) < 4.78 is 5.69. The number of nitrogens with zero attached hydrogens (tertiary/aromatic N) is 1. The maximum atomic E-state index is 13.3. The van der Waals surface area contributed by atoms with Gasteiger partial charge in [-0.3, -0.25) is 9.59 Å². The SMILES string of the molecule is CC1(C(=O)O)CCCN(C(=O)[C@@H]2CCC[C@@H]2NC(=O)OCC2c3ccccc3-c3ccccc32)C1. The third-order valence-electron chi connectivity index (χ3n) is 8.00. The van der Waals surface area contributed by atoms with Crippen molar-refractivity contribution in [2.45, 2.75) is 51.0 Å². The summed E-state index contributed by atoms with van der Waals surface area (Å²) in [6, 6.07) is 16.1. The van der Waals surface area contributed by atoms with Crippen molar-refractivity contribution in [1.82, 2.24) is 10.2 Å². The van der Waals surface area contributed by atoms with Gasteiger partial charge in [-0.15, -0.1) is 0 Å². The lowest BCUT2D eigenvalue weighted by Gasteiger charge is -2.39. The van der Waals surface area contributed by atoms with E-state index >= 15 is 0 Å². The van der Waals surface area contributed by atoms with Gasteiger partial charge in [0.15, 0.2) is 0 Å². The maximum absolute atomic E-state index is 13.3. The predicted octanol–water partition coefficient (Wildman–Crippen LogP) is 4.41. The minimum atomic E-state index is -0.914. The smallest absolute Gasteiger partial charge is 0.407 e. The fourth-order valence-electron chi connectivity index (χ4n) is 6.06. The Kier molecular flexibility index (Phi) is 6.26. The van der Waals surface area contributed by atoms with E-state index in [1.54, 1.807) is 11.8 Å². The van der Waals surface area contributed by atoms with E-state index in [0.717, 1.165) is 17.5 Å². The van der Waals surface area contributed by atoms with Gasteiger partial charge >= 0.3 is 12.1 Å². The molecule has 1 unspecified atom stereocenters. The molecule has 1 saturated carbocycles. The maximum Gasteiger partial charge on any atom is 0.407 e. The zero-order chi connectivity index (χ0) is 24.6. The lowest BCUT2D eigenvalue weighted by Crippen LogP contribution is -2.52. The summed E-state index contributed by atoms with van der Waals surface area (Å²) in [4.78, 5) is 39.4. The normalized spacial score (nSPS) is 25.6. The Labute approximate surface area is 205 Å². The number of carboxylic acid groups (broad SMARTS) is 1. The van der Waals surface area contributed by atoms with Gasteiger partial charge in [0, 0.05) is 25.0 Å². The Morgan fingerprint density at radius 2 is 1.69 bits per heavy atom. The van der Waals surface area contributed by atoms with Crippen LogP contribution in [0.4, 0.5) is 4.79 Å². The summed E-state index contributed by atoms with van der Waals surface area (Å²) in [6.07, 6.45) is 2.97. The molecular weight excluding hydrogens is 444 g/mol. The molecule has 2 N–H and O–H groups in total. The van der Waals surface area contributed by atoms with E-state index in [1.807, 2.05) is 24.3 Å². The Balaban J connectivity index is 1.21. The molecule has 0 radical (unpaired) electrons. The van der Waals surface area contributed by atoms with Crippen LogP contribution in [0.1, 0.15) is 56.1 Å². The van der Waals surface area contributed by atoms with Gasteiger partial charge in [0.2, 0.25) is 5.91 Å². The van der Waals surface area contributed by atoms with Gasteiger partial charge in [0.05, 0.1) is 11.3 Å². The van der Waals surface area contributed by atoms with Crippen molar-refractivity contribution in [3.63, 3.8) is 0 Å². The number of aliphatic carboxylic acids is 1. The molecular formula is C28H32N2O5. The lowest BCUT2D eigenvalue weighted by molar-refractivity contribution is -0.154. The fourth-order valence-corrected chi connectivity index (χ4v) is 6.06. The molecule has 7 nitrogen and oxygen atoms in total. The highest BCUT2D eigenvalue weighted by Crippen LogP contribution is 2.44. The van der Waals surface area contributed by atoms with E-state index in [4.69, 9.17) is 4.74 Å². The largest absolute Gasteiger partial charge is 0.481 e. The summed E-state index contributed by atoms with van der Waals surface area (Å²) in [5.74, 6) is -1.28. The van der Waals surface area contributed by atoms with Crippen molar-refractivity contribution >= 4 is 18.0 Å². The lowest BCUT2D eigenvalue weighted by atomic mass is 9.81. The van der Waals surface area contributed by atoms with E-state index in [2.05, 4.69) is 29.6 Å². The van der Waals surface area contributed by atoms with Crippen LogP contribution >= 0.6 is 0 Å². The first kappa shape index (κ1) is 23.4. The third-order valence-corrected chi connectivity index (χ3v) is 8.00. The van der Waals surface area contributed by atoms with Gasteiger partial charge in [0.25, 0.3) is 0 Å². The van der Waals surface area contributed by atoms with Crippen LogP contribution in [0.25, 0.3) is 11.1 Å². The molecule has 0 aromatic heterocycles. The third kappa shape index (κ3) is 4.40. The van der Waals surface area contributed by atoms with Crippen molar-refractivity contribution in [2.24, 2.45) is 11.3 Å². The highest BCUT2D eigenvalue weighted by molar-refractivity contribution is 5.83. The van der Waals surface area contributed by atoms with Crippen molar-refractivity contribution in [1.29, 1.82) is 0 Å². The minimum absolute atomic E-state index is 0.0174. The van der Waals surface area contributed by atoms with Gasteiger partial charge in [-0.25, -0.2) is 4.79 Å². The van der Waals surface area contributed by atoms with E-state index in [9.17, 15) is 19.5 Å². The number of benzene rings is 2. The van der Waals surface area contributed by atoms with Gasteiger partial charge in [-0.1, -0.05) is 55.0 Å². The molecule has 2 aromatic rings. The van der Waals surface area contributed by atoms with Crippen molar-refractivity contribution < 1.29 is 24.2 Å². The number of ether oxygens (including phenoxy) is 1. The molecule has 0 bridgehead atoms. The van der Waals surface area contributed by atoms with Crippen molar-refractivity contribution in [2.75, 3.05) is 19.7 Å². The quantitative estimate of drug-likeness (QED) is 0.667. The topological polar surface area (TPSA) is 95.9 Å². The number of fused-ring (bicyclic) bond motifs is 3. The molecule has 2 aromatic carbocycles. The number of carbonyl (C=O) groups is 3.